The molecular formula is C23H21FN2O3. The minimum absolute atomic E-state index is 0.0767. The number of halogens is 1. The van der Waals surface area contributed by atoms with Crippen LogP contribution in [0.15, 0.2) is 48.7 Å². The van der Waals surface area contributed by atoms with Crippen LogP contribution in [-0.2, 0) is 11.2 Å². The van der Waals surface area contributed by atoms with Crippen molar-refractivity contribution in [2.75, 3.05) is 13.1 Å². The number of nitrogens with zero attached hydrogens (tertiary/aromatic N) is 1. The van der Waals surface area contributed by atoms with Crippen molar-refractivity contribution in [2.45, 2.75) is 19.3 Å². The van der Waals surface area contributed by atoms with Gasteiger partial charge in [-0.15, -0.1) is 0 Å². The number of hydrogen-bond donors (Lipinski definition) is 1. The number of piperidine rings is 1. The zero-order chi connectivity index (χ0) is 20.4. The van der Waals surface area contributed by atoms with Crippen molar-refractivity contribution in [2.24, 2.45) is 5.92 Å². The Bertz CT molecular complexity index is 1060. The molecule has 0 bridgehead atoms. The highest BCUT2D eigenvalue weighted by molar-refractivity contribution is 6.33. The van der Waals surface area contributed by atoms with Gasteiger partial charge in [0, 0.05) is 35.8 Å². The Morgan fingerprint density at radius 1 is 1.10 bits per heavy atom. The molecule has 2 aromatic carbocycles. The number of carbonyl (C=O) groups is 3. The molecule has 5 nitrogen and oxygen atoms in total. The first-order valence-electron chi connectivity index (χ1n) is 9.69. The number of H-pyrrole nitrogens is 1. The van der Waals surface area contributed by atoms with Crippen molar-refractivity contribution in [3.05, 3.63) is 71.2 Å². The molecule has 2 heterocycles. The van der Waals surface area contributed by atoms with Crippen LogP contribution >= 0.6 is 0 Å². The molecule has 29 heavy (non-hydrogen) atoms. The molecule has 1 aliphatic heterocycles. The highest BCUT2D eigenvalue weighted by Crippen LogP contribution is 2.26. The van der Waals surface area contributed by atoms with Gasteiger partial charge in [-0.2, -0.15) is 0 Å². The van der Waals surface area contributed by atoms with E-state index in [4.69, 9.17) is 0 Å². The van der Waals surface area contributed by atoms with Crippen LogP contribution in [0.5, 0.6) is 0 Å². The molecule has 0 atom stereocenters. The molecule has 0 spiro atoms. The van der Waals surface area contributed by atoms with Crippen LogP contribution in [0.3, 0.4) is 0 Å². The van der Waals surface area contributed by atoms with Gasteiger partial charge < -0.3 is 9.88 Å². The first-order chi connectivity index (χ1) is 14.0. The lowest BCUT2D eigenvalue weighted by Crippen LogP contribution is -2.38. The predicted molar refractivity (Wildman–Crippen MR) is 107 cm³/mol. The number of nitrogens with one attached hydrogen (secondary N) is 1. The maximum Gasteiger partial charge on any atom is 0.256 e. The Balaban J connectivity index is 1.45. The van der Waals surface area contributed by atoms with Crippen LogP contribution in [0.2, 0.25) is 0 Å². The van der Waals surface area contributed by atoms with Gasteiger partial charge in [0.2, 0.25) is 5.78 Å². The minimum Gasteiger partial charge on any atom is -0.360 e. The lowest BCUT2D eigenvalue weighted by molar-refractivity contribution is -0.104. The summed E-state index contributed by atoms with van der Waals surface area (Å²) in [4.78, 5) is 40.4. The van der Waals surface area contributed by atoms with Crippen molar-refractivity contribution in [3.8, 4) is 0 Å². The molecule has 0 aliphatic carbocycles. The van der Waals surface area contributed by atoms with E-state index in [-0.39, 0.29) is 23.6 Å². The van der Waals surface area contributed by atoms with Gasteiger partial charge in [-0.3, -0.25) is 14.4 Å². The summed E-state index contributed by atoms with van der Waals surface area (Å²) in [7, 11) is 0. The largest absolute Gasteiger partial charge is 0.360 e. The summed E-state index contributed by atoms with van der Waals surface area (Å²) in [5.74, 6) is -0.449. The fourth-order valence-electron chi connectivity index (χ4n) is 3.98. The van der Waals surface area contributed by atoms with Crippen LogP contribution in [0.25, 0.3) is 10.9 Å². The topological polar surface area (TPSA) is 70.2 Å². The van der Waals surface area contributed by atoms with Crippen LogP contribution in [0, 0.1) is 11.7 Å². The Morgan fingerprint density at radius 3 is 2.52 bits per heavy atom. The van der Waals surface area contributed by atoms with E-state index in [1.54, 1.807) is 24.4 Å². The average molecular weight is 392 g/mol. The number of amides is 1. The molecule has 0 saturated carbocycles. The smallest absolute Gasteiger partial charge is 0.256 e. The number of benzene rings is 2. The monoisotopic (exact) mass is 392 g/mol. The normalized spacial score (nSPS) is 14.9. The van der Waals surface area contributed by atoms with Crippen LogP contribution in [0.4, 0.5) is 4.39 Å². The number of carbonyl (C=O) groups excluding carboxylic acids is 3. The first kappa shape index (κ1) is 19.1. The van der Waals surface area contributed by atoms with Crippen molar-refractivity contribution in [1.82, 2.24) is 9.88 Å². The Hall–Kier alpha value is -3.28. The fraction of sp³-hybridized carbons (Fsp3) is 0.261. The summed E-state index contributed by atoms with van der Waals surface area (Å²) in [6, 6.07) is 11.5. The molecular weight excluding hydrogens is 371 g/mol. The maximum atomic E-state index is 13.1. The number of aldehydes is 1. The summed E-state index contributed by atoms with van der Waals surface area (Å²) in [6.07, 6.45) is 4.60. The van der Waals surface area contributed by atoms with Gasteiger partial charge in [0.25, 0.3) is 5.91 Å². The molecule has 0 radical (unpaired) electrons. The number of hydrogen-bond acceptors (Lipinski definition) is 3. The summed E-state index contributed by atoms with van der Waals surface area (Å²) < 4.78 is 13.1. The molecule has 1 N–H and O–H groups in total. The number of likely N-dealkylation sites (tertiary alicyclic amines) is 1. The Kier molecular flexibility index (Phi) is 5.25. The molecule has 6 heteroatoms. The lowest BCUT2D eigenvalue weighted by Gasteiger charge is -2.32. The fourth-order valence-corrected chi connectivity index (χ4v) is 3.98. The van der Waals surface area contributed by atoms with E-state index in [0.29, 0.717) is 30.0 Å². The maximum absolute atomic E-state index is 13.1. The molecule has 1 aromatic heterocycles. The van der Waals surface area contributed by atoms with E-state index in [9.17, 15) is 18.8 Å². The molecule has 1 amide bonds. The zero-order valence-corrected chi connectivity index (χ0v) is 15.9. The lowest BCUT2D eigenvalue weighted by atomic mass is 9.90. The van der Waals surface area contributed by atoms with E-state index in [2.05, 4.69) is 4.98 Å². The quantitative estimate of drug-likeness (QED) is 0.408. The van der Waals surface area contributed by atoms with Gasteiger partial charge in [0.1, 0.15) is 5.82 Å². The number of Topliss-reactive ketones (excluding diaryl/α,β-unsaturated/α-hetero) is 1. The van der Waals surface area contributed by atoms with E-state index >= 15 is 0 Å². The molecule has 1 fully saturated rings. The van der Waals surface area contributed by atoms with E-state index in [1.807, 2.05) is 17.0 Å². The van der Waals surface area contributed by atoms with Crippen molar-refractivity contribution < 1.29 is 18.8 Å². The molecule has 1 aliphatic rings. The van der Waals surface area contributed by atoms with E-state index < -0.39 is 5.78 Å². The minimum atomic E-state index is -0.604. The van der Waals surface area contributed by atoms with Gasteiger partial charge in [-0.05, 0) is 61.1 Å². The predicted octanol–water partition coefficient (Wildman–Crippen LogP) is 3.78. The van der Waals surface area contributed by atoms with Crippen LogP contribution in [-0.4, -0.2) is 40.9 Å². The molecule has 0 unspecified atom stereocenters. The van der Waals surface area contributed by atoms with Gasteiger partial charge >= 0.3 is 0 Å². The third kappa shape index (κ3) is 3.97. The van der Waals surface area contributed by atoms with Gasteiger partial charge in [-0.1, -0.05) is 12.1 Å². The van der Waals surface area contributed by atoms with E-state index in [0.717, 1.165) is 30.3 Å². The van der Waals surface area contributed by atoms with Gasteiger partial charge in [0.15, 0.2) is 6.29 Å². The molecule has 4 rings (SSSR count). The summed E-state index contributed by atoms with van der Waals surface area (Å²) in [5.41, 5.74) is 2.65. The number of rotatable bonds is 5. The summed E-state index contributed by atoms with van der Waals surface area (Å²) in [5, 5.41) is 0.649. The van der Waals surface area contributed by atoms with Crippen LogP contribution < -0.4 is 0 Å². The Labute approximate surface area is 167 Å². The van der Waals surface area contributed by atoms with Crippen molar-refractivity contribution in [3.63, 3.8) is 0 Å². The standard InChI is InChI=1S/C23H21FN2O3/c24-18-4-1-15(2-5-18)11-16-7-9-26(10-8-16)23(29)20-13-25-21-6-3-17(12-19(20)21)22(28)14-27/h1-6,12-14,16,25H,7-11H2. The van der Waals surface area contributed by atoms with Gasteiger partial charge in [0.05, 0.1) is 5.56 Å². The van der Waals surface area contributed by atoms with Crippen molar-refractivity contribution >= 4 is 28.9 Å². The molecule has 3 aromatic rings. The average Bonchev–Trinajstić information content (AvgIpc) is 3.18. The number of ketones is 1. The SMILES string of the molecule is O=CC(=O)c1ccc2[nH]cc(C(=O)N3CCC(Cc4ccc(F)cc4)CC3)c2c1. The second kappa shape index (κ2) is 7.99. The summed E-state index contributed by atoms with van der Waals surface area (Å²) in [6.45, 7) is 1.31. The van der Waals surface area contributed by atoms with E-state index in [1.165, 1.54) is 12.1 Å². The highest BCUT2D eigenvalue weighted by atomic mass is 19.1. The third-order valence-electron chi connectivity index (χ3n) is 5.64. The number of aromatic nitrogens is 1. The third-order valence-corrected chi connectivity index (χ3v) is 5.64. The van der Waals surface area contributed by atoms with Gasteiger partial charge in [-0.25, -0.2) is 4.39 Å². The summed E-state index contributed by atoms with van der Waals surface area (Å²) >= 11 is 0. The van der Waals surface area contributed by atoms with Crippen LogP contribution in [0.1, 0.15) is 39.1 Å². The highest BCUT2D eigenvalue weighted by Gasteiger charge is 2.25. The Morgan fingerprint density at radius 2 is 1.83 bits per heavy atom. The second-order valence-electron chi connectivity index (χ2n) is 7.51. The number of fused-ring (bicyclic) bond motifs is 1. The molecule has 1 saturated heterocycles. The second-order valence-corrected chi connectivity index (χ2v) is 7.51. The first-order valence-corrected chi connectivity index (χ1v) is 9.69. The number of aromatic amines is 1. The van der Waals surface area contributed by atoms with Crippen molar-refractivity contribution in [1.29, 1.82) is 0 Å². The zero-order valence-electron chi connectivity index (χ0n) is 15.9. The molecule has 148 valence electrons.